The third kappa shape index (κ3) is 3.92. The number of benzene rings is 2. The van der Waals surface area contributed by atoms with E-state index in [1.165, 1.54) is 11.8 Å². The average molecular weight is 361 g/mol. The summed E-state index contributed by atoms with van der Waals surface area (Å²) in [4.78, 5) is 24.4. The van der Waals surface area contributed by atoms with E-state index in [0.29, 0.717) is 16.8 Å². The molecule has 0 aliphatic heterocycles. The molecule has 0 unspecified atom stereocenters. The van der Waals surface area contributed by atoms with Crippen LogP contribution in [-0.4, -0.2) is 21.7 Å². The molecule has 2 aromatic carbocycles. The van der Waals surface area contributed by atoms with Gasteiger partial charge in [0.1, 0.15) is 6.54 Å². The zero-order valence-electron chi connectivity index (χ0n) is 15.2. The summed E-state index contributed by atoms with van der Waals surface area (Å²) < 4.78 is 1.60. The zero-order chi connectivity index (χ0) is 18.6. The molecule has 3 aromatic rings. The lowest BCUT2D eigenvalue weighted by molar-refractivity contribution is -0.122. The molecule has 1 aromatic heterocycles. The molecule has 1 heterocycles. The van der Waals surface area contributed by atoms with Gasteiger partial charge in [-0.05, 0) is 49.3 Å². The van der Waals surface area contributed by atoms with Crippen LogP contribution in [0.4, 0.5) is 0 Å². The van der Waals surface area contributed by atoms with Crippen molar-refractivity contribution in [3.05, 3.63) is 76.6 Å². The second-order valence-electron chi connectivity index (χ2n) is 7.21. The molecule has 1 N–H and O–H groups in total. The standard InChI is InChI=1S/C22H23N3O2/c26-21-14-23-25(20-9-5-4-8-19(20)21)15-22(27)24-18-12-10-17(11-13-18)16-6-2-1-3-7-16/h1-9,14,17-18H,10-13,15H2,(H,24,27). The number of hydrogen-bond acceptors (Lipinski definition) is 3. The van der Waals surface area contributed by atoms with Gasteiger partial charge < -0.3 is 5.32 Å². The predicted octanol–water partition coefficient (Wildman–Crippen LogP) is 3.24. The molecule has 5 nitrogen and oxygen atoms in total. The Balaban J connectivity index is 1.37. The van der Waals surface area contributed by atoms with Gasteiger partial charge in [-0.15, -0.1) is 0 Å². The quantitative estimate of drug-likeness (QED) is 0.776. The van der Waals surface area contributed by atoms with Crippen LogP contribution in [0.5, 0.6) is 0 Å². The Kier molecular flexibility index (Phi) is 5.01. The van der Waals surface area contributed by atoms with Gasteiger partial charge in [-0.2, -0.15) is 5.10 Å². The maximum atomic E-state index is 12.5. The lowest BCUT2D eigenvalue weighted by Gasteiger charge is -2.29. The van der Waals surface area contributed by atoms with Crippen molar-refractivity contribution in [1.29, 1.82) is 0 Å². The van der Waals surface area contributed by atoms with Crippen LogP contribution >= 0.6 is 0 Å². The van der Waals surface area contributed by atoms with Crippen LogP contribution in [0.1, 0.15) is 37.2 Å². The number of nitrogens with zero attached hydrogens (tertiary/aromatic N) is 2. The molecule has 0 saturated heterocycles. The Bertz CT molecular complexity index is 989. The molecule has 0 bridgehead atoms. The third-order valence-corrected chi connectivity index (χ3v) is 5.42. The molecule has 1 fully saturated rings. The van der Waals surface area contributed by atoms with Crippen molar-refractivity contribution in [2.24, 2.45) is 0 Å². The van der Waals surface area contributed by atoms with Gasteiger partial charge in [-0.25, -0.2) is 0 Å². The van der Waals surface area contributed by atoms with Crippen molar-refractivity contribution in [3.8, 4) is 0 Å². The lowest BCUT2D eigenvalue weighted by Crippen LogP contribution is -2.39. The number of hydrogen-bond donors (Lipinski definition) is 1. The zero-order valence-corrected chi connectivity index (χ0v) is 15.2. The van der Waals surface area contributed by atoms with Gasteiger partial charge in [0.25, 0.3) is 0 Å². The first-order valence-corrected chi connectivity index (χ1v) is 9.50. The third-order valence-electron chi connectivity index (χ3n) is 5.42. The maximum Gasteiger partial charge on any atom is 0.241 e. The van der Waals surface area contributed by atoms with Crippen LogP contribution in [0, 0.1) is 0 Å². The number of carbonyl (C=O) groups is 1. The molecule has 0 atom stereocenters. The average Bonchev–Trinajstić information content (AvgIpc) is 2.71. The van der Waals surface area contributed by atoms with Crippen LogP contribution in [0.15, 0.2) is 65.6 Å². The minimum atomic E-state index is -0.124. The summed E-state index contributed by atoms with van der Waals surface area (Å²) in [6.07, 6.45) is 5.44. The Morgan fingerprint density at radius 3 is 2.48 bits per heavy atom. The van der Waals surface area contributed by atoms with Crippen molar-refractivity contribution in [2.75, 3.05) is 0 Å². The number of para-hydroxylation sites is 1. The summed E-state index contributed by atoms with van der Waals surface area (Å²) in [7, 11) is 0. The van der Waals surface area contributed by atoms with Crippen molar-refractivity contribution in [2.45, 2.75) is 44.2 Å². The monoisotopic (exact) mass is 361 g/mol. The Morgan fingerprint density at radius 1 is 1.00 bits per heavy atom. The van der Waals surface area contributed by atoms with Crippen LogP contribution in [0.25, 0.3) is 10.9 Å². The molecule has 138 valence electrons. The minimum absolute atomic E-state index is 0.0561. The van der Waals surface area contributed by atoms with E-state index in [9.17, 15) is 9.59 Å². The number of aromatic nitrogens is 2. The van der Waals surface area contributed by atoms with E-state index in [1.54, 1.807) is 10.7 Å². The van der Waals surface area contributed by atoms with E-state index < -0.39 is 0 Å². The summed E-state index contributed by atoms with van der Waals surface area (Å²) in [5, 5.41) is 7.86. The van der Waals surface area contributed by atoms with E-state index >= 15 is 0 Å². The van der Waals surface area contributed by atoms with Crippen molar-refractivity contribution in [1.82, 2.24) is 15.1 Å². The highest BCUT2D eigenvalue weighted by molar-refractivity contribution is 5.81. The van der Waals surface area contributed by atoms with E-state index in [2.05, 4.69) is 34.7 Å². The SMILES string of the molecule is O=C(Cn1ncc(=O)c2ccccc21)NC1CCC(c2ccccc2)CC1. The first-order valence-electron chi connectivity index (χ1n) is 9.50. The van der Waals surface area contributed by atoms with Gasteiger partial charge in [-0.1, -0.05) is 42.5 Å². The van der Waals surface area contributed by atoms with E-state index in [4.69, 9.17) is 0 Å². The number of carbonyl (C=O) groups excluding carboxylic acids is 1. The summed E-state index contributed by atoms with van der Waals surface area (Å²) in [5.74, 6) is 0.531. The summed E-state index contributed by atoms with van der Waals surface area (Å²) in [6, 6.07) is 18.1. The molecule has 1 aliphatic carbocycles. The fourth-order valence-corrected chi connectivity index (χ4v) is 3.99. The molecule has 27 heavy (non-hydrogen) atoms. The largest absolute Gasteiger partial charge is 0.352 e. The number of nitrogens with one attached hydrogen (secondary N) is 1. The van der Waals surface area contributed by atoms with Crippen LogP contribution in [0.3, 0.4) is 0 Å². The number of amides is 1. The van der Waals surface area contributed by atoms with Crippen LogP contribution in [-0.2, 0) is 11.3 Å². The highest BCUT2D eigenvalue weighted by Gasteiger charge is 2.23. The highest BCUT2D eigenvalue weighted by atomic mass is 16.2. The fraction of sp³-hybridized carbons (Fsp3) is 0.318. The van der Waals surface area contributed by atoms with Crippen molar-refractivity contribution >= 4 is 16.8 Å². The molecule has 0 radical (unpaired) electrons. The molecular weight excluding hydrogens is 338 g/mol. The molecule has 1 amide bonds. The van der Waals surface area contributed by atoms with Gasteiger partial charge in [0.05, 0.1) is 11.7 Å². The molecular formula is C22H23N3O2. The summed E-state index contributed by atoms with van der Waals surface area (Å²) in [6.45, 7) is 0.124. The lowest BCUT2D eigenvalue weighted by atomic mass is 9.82. The van der Waals surface area contributed by atoms with Gasteiger partial charge >= 0.3 is 0 Å². The first-order chi connectivity index (χ1) is 13.2. The maximum absolute atomic E-state index is 12.5. The highest BCUT2D eigenvalue weighted by Crippen LogP contribution is 2.32. The van der Waals surface area contributed by atoms with Gasteiger partial charge in [0, 0.05) is 11.4 Å². The van der Waals surface area contributed by atoms with Crippen molar-refractivity contribution < 1.29 is 4.79 Å². The van der Waals surface area contributed by atoms with Crippen LogP contribution < -0.4 is 10.7 Å². The Morgan fingerprint density at radius 2 is 1.70 bits per heavy atom. The normalized spacial score (nSPS) is 19.7. The molecule has 0 spiro atoms. The molecule has 5 heteroatoms. The number of rotatable bonds is 4. The second kappa shape index (κ2) is 7.74. The summed E-state index contributed by atoms with van der Waals surface area (Å²) >= 11 is 0. The van der Waals surface area contributed by atoms with Crippen LogP contribution in [0.2, 0.25) is 0 Å². The fourth-order valence-electron chi connectivity index (χ4n) is 3.99. The van der Waals surface area contributed by atoms with Crippen molar-refractivity contribution in [3.63, 3.8) is 0 Å². The number of fused-ring (bicyclic) bond motifs is 1. The van der Waals surface area contributed by atoms with E-state index in [-0.39, 0.29) is 23.9 Å². The smallest absolute Gasteiger partial charge is 0.241 e. The Labute approximate surface area is 158 Å². The van der Waals surface area contributed by atoms with Gasteiger partial charge in [0.2, 0.25) is 11.3 Å². The second-order valence-corrected chi connectivity index (χ2v) is 7.21. The molecule has 4 rings (SSSR count). The topological polar surface area (TPSA) is 64.0 Å². The first kappa shape index (κ1) is 17.5. The predicted molar refractivity (Wildman–Crippen MR) is 106 cm³/mol. The summed E-state index contributed by atoms with van der Waals surface area (Å²) in [5.41, 5.74) is 1.96. The van der Waals surface area contributed by atoms with Gasteiger partial charge in [0.15, 0.2) is 0 Å². The molecule has 1 saturated carbocycles. The van der Waals surface area contributed by atoms with E-state index in [1.807, 2.05) is 24.3 Å². The minimum Gasteiger partial charge on any atom is -0.352 e. The van der Waals surface area contributed by atoms with Gasteiger partial charge in [-0.3, -0.25) is 14.3 Å². The van der Waals surface area contributed by atoms with E-state index in [0.717, 1.165) is 25.7 Å². The molecule has 1 aliphatic rings. The Hall–Kier alpha value is -2.95.